The maximum atomic E-state index is 11.9. The van der Waals surface area contributed by atoms with Crippen molar-refractivity contribution in [2.75, 3.05) is 20.2 Å². The molecular formula is C11H22N2O2. The van der Waals surface area contributed by atoms with Crippen LogP contribution in [0.5, 0.6) is 0 Å². The molecule has 88 valence electrons. The molecule has 1 unspecified atom stereocenters. The summed E-state index contributed by atoms with van der Waals surface area (Å²) in [5.74, 6) is 0.0820. The molecule has 4 heteroatoms. The summed E-state index contributed by atoms with van der Waals surface area (Å²) < 4.78 is 5.28. The summed E-state index contributed by atoms with van der Waals surface area (Å²) in [6, 6.07) is -0.328. The van der Waals surface area contributed by atoms with Crippen LogP contribution >= 0.6 is 0 Å². The Morgan fingerprint density at radius 1 is 1.67 bits per heavy atom. The fourth-order valence-electron chi connectivity index (χ4n) is 2.00. The highest BCUT2D eigenvalue weighted by molar-refractivity contribution is 5.81. The number of nitrogens with zero attached hydrogens (tertiary/aromatic N) is 1. The lowest BCUT2D eigenvalue weighted by atomic mass is 10.1. The number of amides is 1. The van der Waals surface area contributed by atoms with Crippen molar-refractivity contribution in [1.29, 1.82) is 0 Å². The third kappa shape index (κ3) is 3.47. The highest BCUT2D eigenvalue weighted by Gasteiger charge is 2.26. The molecule has 2 N–H and O–H groups in total. The fourth-order valence-corrected chi connectivity index (χ4v) is 2.00. The third-order valence-corrected chi connectivity index (χ3v) is 2.94. The highest BCUT2D eigenvalue weighted by Crippen LogP contribution is 2.13. The average Bonchev–Trinajstić information content (AvgIpc) is 2.28. The molecule has 0 aliphatic carbocycles. The Morgan fingerprint density at radius 2 is 2.40 bits per heavy atom. The van der Waals surface area contributed by atoms with Crippen LogP contribution in [0.25, 0.3) is 0 Å². The lowest BCUT2D eigenvalue weighted by molar-refractivity contribution is -0.136. The lowest BCUT2D eigenvalue weighted by Crippen LogP contribution is -2.49. The first-order valence-corrected chi connectivity index (χ1v) is 5.76. The Labute approximate surface area is 91.8 Å². The van der Waals surface area contributed by atoms with Gasteiger partial charge < -0.3 is 15.4 Å². The van der Waals surface area contributed by atoms with Crippen molar-refractivity contribution in [3.63, 3.8) is 0 Å². The minimum absolute atomic E-state index is 0.0820. The molecule has 15 heavy (non-hydrogen) atoms. The van der Waals surface area contributed by atoms with E-state index in [0.717, 1.165) is 32.2 Å². The maximum absolute atomic E-state index is 11.9. The number of likely N-dealkylation sites (tertiary alicyclic amines) is 1. The van der Waals surface area contributed by atoms with Crippen molar-refractivity contribution in [1.82, 2.24) is 4.90 Å². The molecule has 0 aromatic heterocycles. The van der Waals surface area contributed by atoms with E-state index in [2.05, 4.69) is 0 Å². The van der Waals surface area contributed by atoms with Gasteiger partial charge in [-0.25, -0.2) is 0 Å². The van der Waals surface area contributed by atoms with Crippen LogP contribution in [-0.4, -0.2) is 43.2 Å². The van der Waals surface area contributed by atoms with E-state index < -0.39 is 0 Å². The molecule has 2 atom stereocenters. The molecule has 0 radical (unpaired) electrons. The van der Waals surface area contributed by atoms with E-state index in [1.807, 2.05) is 11.8 Å². The molecule has 0 aromatic rings. The second-order valence-electron chi connectivity index (χ2n) is 4.18. The number of hydrogen-bond acceptors (Lipinski definition) is 3. The zero-order valence-electron chi connectivity index (χ0n) is 9.74. The van der Waals surface area contributed by atoms with Crippen molar-refractivity contribution in [2.45, 2.75) is 44.8 Å². The van der Waals surface area contributed by atoms with Crippen molar-refractivity contribution in [3.8, 4) is 0 Å². The third-order valence-electron chi connectivity index (χ3n) is 2.94. The molecular weight excluding hydrogens is 192 g/mol. The van der Waals surface area contributed by atoms with Crippen LogP contribution in [0.4, 0.5) is 0 Å². The first-order chi connectivity index (χ1) is 7.19. The predicted molar refractivity (Wildman–Crippen MR) is 59.5 cm³/mol. The minimum atomic E-state index is -0.328. The summed E-state index contributed by atoms with van der Waals surface area (Å²) in [7, 11) is 1.70. The van der Waals surface area contributed by atoms with Crippen LogP contribution in [0.1, 0.15) is 32.6 Å². The second-order valence-corrected chi connectivity index (χ2v) is 4.18. The van der Waals surface area contributed by atoms with Gasteiger partial charge in [0, 0.05) is 20.2 Å². The number of rotatable bonds is 4. The molecule has 4 nitrogen and oxygen atoms in total. The lowest BCUT2D eigenvalue weighted by Gasteiger charge is -2.33. The van der Waals surface area contributed by atoms with E-state index in [1.54, 1.807) is 7.11 Å². The number of ether oxygens (including phenoxy) is 1. The number of carbonyl (C=O) groups excluding carboxylic acids is 1. The summed E-state index contributed by atoms with van der Waals surface area (Å²) >= 11 is 0. The Hall–Kier alpha value is -0.610. The van der Waals surface area contributed by atoms with E-state index in [4.69, 9.17) is 10.5 Å². The van der Waals surface area contributed by atoms with Gasteiger partial charge in [0.25, 0.3) is 0 Å². The SMILES string of the molecule is CCC[C@H](N)C(=O)N1CCCC(OC)C1. The van der Waals surface area contributed by atoms with Gasteiger partial charge in [-0.2, -0.15) is 0 Å². The van der Waals surface area contributed by atoms with Crippen molar-refractivity contribution in [2.24, 2.45) is 5.73 Å². The first-order valence-electron chi connectivity index (χ1n) is 5.76. The monoisotopic (exact) mass is 214 g/mol. The van der Waals surface area contributed by atoms with Crippen LogP contribution in [0, 0.1) is 0 Å². The fraction of sp³-hybridized carbons (Fsp3) is 0.909. The second kappa shape index (κ2) is 6.08. The number of nitrogens with two attached hydrogens (primary N) is 1. The van der Waals surface area contributed by atoms with Crippen LogP contribution in [0.3, 0.4) is 0 Å². The number of piperidine rings is 1. The minimum Gasteiger partial charge on any atom is -0.380 e. The van der Waals surface area contributed by atoms with E-state index >= 15 is 0 Å². The smallest absolute Gasteiger partial charge is 0.239 e. The van der Waals surface area contributed by atoms with Crippen LogP contribution in [0.15, 0.2) is 0 Å². The van der Waals surface area contributed by atoms with Gasteiger partial charge in [0.2, 0.25) is 5.91 Å². The summed E-state index contributed by atoms with van der Waals surface area (Å²) in [6.45, 7) is 3.57. The summed E-state index contributed by atoms with van der Waals surface area (Å²) in [6.07, 6.45) is 3.98. The van der Waals surface area contributed by atoms with E-state index in [1.165, 1.54) is 0 Å². The van der Waals surface area contributed by atoms with Crippen LogP contribution in [0.2, 0.25) is 0 Å². The highest BCUT2D eigenvalue weighted by atomic mass is 16.5. The molecule has 1 saturated heterocycles. The quantitative estimate of drug-likeness (QED) is 0.751. The van der Waals surface area contributed by atoms with E-state index in [-0.39, 0.29) is 18.1 Å². The normalized spacial score (nSPS) is 23.9. The molecule has 0 bridgehead atoms. The average molecular weight is 214 g/mol. The standard InChI is InChI=1S/C11H22N2O2/c1-3-5-10(12)11(14)13-7-4-6-9(8-13)15-2/h9-10H,3-8,12H2,1-2H3/t9?,10-/m0/s1. The van der Waals surface area contributed by atoms with Gasteiger partial charge in [0.1, 0.15) is 0 Å². The molecule has 1 fully saturated rings. The summed E-state index contributed by atoms with van der Waals surface area (Å²) in [5.41, 5.74) is 5.81. The summed E-state index contributed by atoms with van der Waals surface area (Å²) in [4.78, 5) is 13.7. The zero-order valence-corrected chi connectivity index (χ0v) is 9.74. The van der Waals surface area contributed by atoms with Gasteiger partial charge in [0.15, 0.2) is 0 Å². The van der Waals surface area contributed by atoms with Gasteiger partial charge in [-0.05, 0) is 19.3 Å². The van der Waals surface area contributed by atoms with Crippen LogP contribution in [-0.2, 0) is 9.53 Å². The first kappa shape index (κ1) is 12.5. The van der Waals surface area contributed by atoms with E-state index in [9.17, 15) is 4.79 Å². The molecule has 1 amide bonds. The van der Waals surface area contributed by atoms with Crippen molar-refractivity contribution >= 4 is 5.91 Å². The molecule has 0 spiro atoms. The van der Waals surface area contributed by atoms with Gasteiger partial charge >= 0.3 is 0 Å². The largest absolute Gasteiger partial charge is 0.380 e. The molecule has 0 aromatic carbocycles. The Bertz CT molecular complexity index is 209. The number of hydrogen-bond donors (Lipinski definition) is 1. The molecule has 1 heterocycles. The molecule has 0 saturated carbocycles. The molecule has 1 aliphatic heterocycles. The summed E-state index contributed by atoms with van der Waals surface area (Å²) in [5, 5.41) is 0. The maximum Gasteiger partial charge on any atom is 0.239 e. The molecule has 1 aliphatic rings. The van der Waals surface area contributed by atoms with Gasteiger partial charge in [0.05, 0.1) is 12.1 Å². The van der Waals surface area contributed by atoms with Gasteiger partial charge in [-0.1, -0.05) is 13.3 Å². The number of carbonyl (C=O) groups is 1. The van der Waals surface area contributed by atoms with Gasteiger partial charge in [-0.15, -0.1) is 0 Å². The van der Waals surface area contributed by atoms with Crippen LogP contribution < -0.4 is 5.73 Å². The van der Waals surface area contributed by atoms with Crippen molar-refractivity contribution < 1.29 is 9.53 Å². The topological polar surface area (TPSA) is 55.6 Å². The number of methoxy groups -OCH3 is 1. The van der Waals surface area contributed by atoms with E-state index in [0.29, 0.717) is 6.54 Å². The molecule has 1 rings (SSSR count). The Balaban J connectivity index is 2.44. The van der Waals surface area contributed by atoms with Crippen molar-refractivity contribution in [3.05, 3.63) is 0 Å². The predicted octanol–water partition coefficient (Wildman–Crippen LogP) is 0.751. The zero-order chi connectivity index (χ0) is 11.3. The Morgan fingerprint density at radius 3 is 3.00 bits per heavy atom. The van der Waals surface area contributed by atoms with Gasteiger partial charge in [-0.3, -0.25) is 4.79 Å². The Kier molecular flexibility index (Phi) is 5.05.